The normalized spacial score (nSPS) is 23.0. The van der Waals surface area contributed by atoms with Crippen LogP contribution < -0.4 is 4.74 Å². The second kappa shape index (κ2) is 7.74. The zero-order valence-corrected chi connectivity index (χ0v) is 18.9. The molecular weight excluding hydrogens is 424 g/mol. The van der Waals surface area contributed by atoms with E-state index in [1.165, 1.54) is 18.3 Å². The van der Waals surface area contributed by atoms with E-state index in [0.29, 0.717) is 47.0 Å². The number of aromatic nitrogens is 1. The van der Waals surface area contributed by atoms with Gasteiger partial charge in [-0.2, -0.15) is 0 Å². The highest BCUT2D eigenvalue weighted by Gasteiger charge is 2.52. The molecule has 3 aliphatic heterocycles. The van der Waals surface area contributed by atoms with Crippen LogP contribution >= 0.6 is 0 Å². The van der Waals surface area contributed by atoms with Gasteiger partial charge in [-0.25, -0.2) is 9.78 Å². The molecule has 0 saturated heterocycles. The lowest BCUT2D eigenvalue weighted by molar-refractivity contribution is -0.139. The van der Waals surface area contributed by atoms with Gasteiger partial charge in [0.2, 0.25) is 0 Å². The van der Waals surface area contributed by atoms with Crippen LogP contribution in [0.1, 0.15) is 36.8 Å². The van der Waals surface area contributed by atoms with Crippen molar-refractivity contribution in [3.63, 3.8) is 0 Å². The molecule has 1 aromatic heterocycles. The number of amides is 1. The Hall–Kier alpha value is -3.65. The van der Waals surface area contributed by atoms with Crippen molar-refractivity contribution in [2.45, 2.75) is 32.5 Å². The van der Waals surface area contributed by atoms with E-state index in [2.05, 4.69) is 0 Å². The molecule has 0 bridgehead atoms. The number of fused-ring (bicyclic) bond motifs is 5. The molecule has 1 aromatic carbocycles. The Kier molecular flexibility index (Phi) is 4.97. The molecule has 0 fully saturated rings. The predicted octanol–water partition coefficient (Wildman–Crippen LogP) is 3.58. The van der Waals surface area contributed by atoms with Crippen molar-refractivity contribution in [2.24, 2.45) is 0 Å². The lowest BCUT2D eigenvalue weighted by Crippen LogP contribution is -2.48. The Balaban J connectivity index is 1.80. The highest BCUT2D eigenvalue weighted by molar-refractivity contribution is 6.15. The summed E-state index contributed by atoms with van der Waals surface area (Å²) in [5.41, 5.74) is 1.70. The second-order valence-electron chi connectivity index (χ2n) is 7.87. The summed E-state index contributed by atoms with van der Waals surface area (Å²) in [7, 11) is 1.31. The van der Waals surface area contributed by atoms with Crippen molar-refractivity contribution >= 4 is 28.5 Å². The monoisotopic (exact) mass is 448 g/mol. The average Bonchev–Trinajstić information content (AvgIpc) is 3.08. The predicted molar refractivity (Wildman–Crippen MR) is 120 cm³/mol. The number of hydrogen-bond donors (Lipinski definition) is 0. The van der Waals surface area contributed by atoms with Gasteiger partial charge in [-0.15, -0.1) is 0 Å². The molecule has 8 nitrogen and oxygen atoms in total. The number of esters is 1. The van der Waals surface area contributed by atoms with Crippen LogP contribution in [0.15, 0.2) is 53.9 Å². The number of pyridine rings is 1. The molecule has 170 valence electrons. The SMILES string of the molecule is CCOc1c2c(nc3ccccc13)C1=CC3(OCC)C(C(=O)OC)=CO[C@@H](C)C3=CN1C2=O. The van der Waals surface area contributed by atoms with Crippen molar-refractivity contribution in [1.29, 1.82) is 0 Å². The number of benzene rings is 1. The summed E-state index contributed by atoms with van der Waals surface area (Å²) in [6.07, 6.45) is 4.41. The maximum Gasteiger partial charge on any atom is 0.340 e. The molecular formula is C25H24N2O6. The first-order valence-corrected chi connectivity index (χ1v) is 10.9. The van der Waals surface area contributed by atoms with E-state index in [4.69, 9.17) is 23.9 Å². The first-order valence-electron chi connectivity index (χ1n) is 10.9. The van der Waals surface area contributed by atoms with Gasteiger partial charge < -0.3 is 18.9 Å². The topological polar surface area (TPSA) is 87.2 Å². The van der Waals surface area contributed by atoms with E-state index in [1.54, 1.807) is 12.3 Å². The van der Waals surface area contributed by atoms with Crippen LogP contribution in [0.4, 0.5) is 0 Å². The standard InChI is InChI=1S/C25H24N2O6/c1-5-31-22-15-9-7-8-10-18(15)26-21-19-11-25(33-6-2)16(12-27(19)23(28)20(21)22)14(3)32-13-17(25)24(29)30-4/h7-14H,5-6H2,1-4H3/t14-,25?/m0/s1. The van der Waals surface area contributed by atoms with Gasteiger partial charge in [-0.05, 0) is 39.0 Å². The molecule has 0 spiro atoms. The van der Waals surface area contributed by atoms with Gasteiger partial charge in [-0.3, -0.25) is 9.69 Å². The number of carbonyl (C=O) groups excluding carboxylic acids is 2. The van der Waals surface area contributed by atoms with Gasteiger partial charge in [0.15, 0.2) is 5.60 Å². The van der Waals surface area contributed by atoms with Crippen LogP contribution in [0, 0.1) is 0 Å². The molecule has 0 N–H and O–H groups in total. The zero-order chi connectivity index (χ0) is 23.3. The molecule has 4 heterocycles. The van der Waals surface area contributed by atoms with Gasteiger partial charge in [0.25, 0.3) is 5.91 Å². The fourth-order valence-corrected chi connectivity index (χ4v) is 4.69. The summed E-state index contributed by atoms with van der Waals surface area (Å²) >= 11 is 0. The third-order valence-corrected chi connectivity index (χ3v) is 6.11. The summed E-state index contributed by atoms with van der Waals surface area (Å²) in [4.78, 5) is 32.7. The van der Waals surface area contributed by atoms with E-state index >= 15 is 0 Å². The Bertz CT molecular complexity index is 1280. The Morgan fingerprint density at radius 2 is 2.03 bits per heavy atom. The van der Waals surface area contributed by atoms with Crippen molar-refractivity contribution in [3.8, 4) is 5.75 Å². The summed E-state index contributed by atoms with van der Waals surface area (Å²) in [5, 5.41) is 0.767. The number of para-hydroxylation sites is 1. The Labute approximate surface area is 191 Å². The van der Waals surface area contributed by atoms with Gasteiger partial charge >= 0.3 is 5.97 Å². The maximum absolute atomic E-state index is 13.6. The van der Waals surface area contributed by atoms with Crippen molar-refractivity contribution in [2.75, 3.05) is 20.3 Å². The maximum atomic E-state index is 13.6. The minimum Gasteiger partial charge on any atom is -0.493 e. The van der Waals surface area contributed by atoms with Crippen LogP contribution in [0.25, 0.3) is 16.6 Å². The first kappa shape index (κ1) is 21.2. The minimum atomic E-state index is -1.24. The smallest absolute Gasteiger partial charge is 0.340 e. The van der Waals surface area contributed by atoms with Crippen molar-refractivity contribution in [3.05, 3.63) is 65.2 Å². The van der Waals surface area contributed by atoms with Gasteiger partial charge in [0.05, 0.1) is 31.2 Å². The summed E-state index contributed by atoms with van der Waals surface area (Å²) in [6.45, 7) is 6.28. The van der Waals surface area contributed by atoms with Crippen LogP contribution in [-0.4, -0.2) is 53.8 Å². The highest BCUT2D eigenvalue weighted by atomic mass is 16.5. The fraction of sp³-hybridized carbons (Fsp3) is 0.320. The quantitative estimate of drug-likeness (QED) is 0.646. The molecule has 1 amide bonds. The summed E-state index contributed by atoms with van der Waals surface area (Å²) in [5.74, 6) is -0.326. The third-order valence-electron chi connectivity index (χ3n) is 6.11. The van der Waals surface area contributed by atoms with E-state index in [9.17, 15) is 9.59 Å². The molecule has 1 unspecified atom stereocenters. The summed E-state index contributed by atoms with van der Waals surface area (Å²) in [6, 6.07) is 7.54. The molecule has 3 aliphatic rings. The van der Waals surface area contributed by atoms with Crippen molar-refractivity contribution in [1.82, 2.24) is 9.88 Å². The largest absolute Gasteiger partial charge is 0.493 e. The molecule has 5 rings (SSSR count). The minimum absolute atomic E-state index is 0.204. The molecule has 2 aromatic rings. The van der Waals surface area contributed by atoms with Crippen LogP contribution in [0.2, 0.25) is 0 Å². The van der Waals surface area contributed by atoms with Gasteiger partial charge in [0.1, 0.15) is 28.7 Å². The second-order valence-corrected chi connectivity index (χ2v) is 7.87. The van der Waals surface area contributed by atoms with E-state index in [1.807, 2.05) is 45.0 Å². The van der Waals surface area contributed by atoms with E-state index < -0.39 is 17.7 Å². The Morgan fingerprint density at radius 1 is 1.24 bits per heavy atom. The molecule has 0 saturated carbocycles. The number of nitrogens with zero attached hydrogens (tertiary/aromatic N) is 2. The zero-order valence-electron chi connectivity index (χ0n) is 18.9. The van der Waals surface area contributed by atoms with Gasteiger partial charge in [0, 0.05) is 23.8 Å². The number of hydrogen-bond acceptors (Lipinski definition) is 7. The number of ether oxygens (including phenoxy) is 4. The van der Waals surface area contributed by atoms with Crippen molar-refractivity contribution < 1.29 is 28.5 Å². The average molecular weight is 448 g/mol. The summed E-state index contributed by atoms with van der Waals surface area (Å²) < 4.78 is 22.9. The van der Waals surface area contributed by atoms with Crippen LogP contribution in [-0.2, 0) is 19.0 Å². The number of methoxy groups -OCH3 is 1. The van der Waals surface area contributed by atoms with Crippen LogP contribution in [0.5, 0.6) is 5.75 Å². The fourth-order valence-electron chi connectivity index (χ4n) is 4.69. The molecule has 0 aliphatic carbocycles. The first-order chi connectivity index (χ1) is 16.0. The Morgan fingerprint density at radius 3 is 2.76 bits per heavy atom. The van der Waals surface area contributed by atoms with E-state index in [0.717, 1.165) is 5.39 Å². The van der Waals surface area contributed by atoms with Gasteiger partial charge in [-0.1, -0.05) is 12.1 Å². The highest BCUT2D eigenvalue weighted by Crippen LogP contribution is 2.49. The third kappa shape index (κ3) is 2.90. The molecule has 2 atom stereocenters. The number of carbonyl (C=O) groups is 2. The van der Waals surface area contributed by atoms with Crippen LogP contribution in [0.3, 0.4) is 0 Å². The lowest BCUT2D eigenvalue weighted by atomic mass is 9.79. The lowest BCUT2D eigenvalue weighted by Gasteiger charge is -2.43. The van der Waals surface area contributed by atoms with E-state index in [-0.39, 0.29) is 11.5 Å². The molecule has 8 heteroatoms. The molecule has 0 radical (unpaired) electrons. The number of rotatable bonds is 5. The molecule has 33 heavy (non-hydrogen) atoms.